The second kappa shape index (κ2) is 6.20. The molecule has 0 unspecified atom stereocenters. The van der Waals surface area contributed by atoms with Crippen LogP contribution < -0.4 is 5.43 Å². The second-order valence-electron chi connectivity index (χ2n) is 7.15. The number of H-pyrrole nitrogens is 2. The molecule has 0 atom stereocenters. The van der Waals surface area contributed by atoms with Crippen LogP contribution in [-0.4, -0.2) is 26.3 Å². The van der Waals surface area contributed by atoms with Gasteiger partial charge >= 0.3 is 5.97 Å². The largest absolute Gasteiger partial charge is 0.478 e. The molecule has 0 saturated carbocycles. The average Bonchev–Trinajstić information content (AvgIpc) is 3.50. The van der Waals surface area contributed by atoms with Crippen LogP contribution in [0.3, 0.4) is 0 Å². The van der Waals surface area contributed by atoms with Gasteiger partial charge in [0.15, 0.2) is 16.7 Å². The van der Waals surface area contributed by atoms with Crippen molar-refractivity contribution in [1.29, 1.82) is 0 Å². The molecule has 6 rings (SSSR count). The summed E-state index contributed by atoms with van der Waals surface area (Å²) in [7, 11) is 0. The fraction of sp³-hybridized carbons (Fsp3) is 0. The first-order valence-corrected chi connectivity index (χ1v) is 9.44. The highest BCUT2D eigenvalue weighted by atomic mass is 16.4. The molecule has 4 aromatic heterocycles. The fourth-order valence-corrected chi connectivity index (χ4v) is 3.85. The highest BCUT2D eigenvalue weighted by Gasteiger charge is 2.21. The van der Waals surface area contributed by atoms with E-state index in [1.54, 1.807) is 42.6 Å². The third-order valence-electron chi connectivity index (χ3n) is 5.26. The van der Waals surface area contributed by atoms with Gasteiger partial charge in [-0.3, -0.25) is 9.89 Å². The van der Waals surface area contributed by atoms with Crippen molar-refractivity contribution in [1.82, 2.24) is 15.2 Å². The Morgan fingerprint density at radius 2 is 1.84 bits per heavy atom. The van der Waals surface area contributed by atoms with E-state index in [4.69, 9.17) is 8.83 Å². The number of fused-ring (bicyclic) bond motifs is 4. The first-order valence-electron chi connectivity index (χ1n) is 9.44. The minimum atomic E-state index is -1.01. The van der Waals surface area contributed by atoms with Gasteiger partial charge in [-0.15, -0.1) is 0 Å². The smallest absolute Gasteiger partial charge is 0.335 e. The Morgan fingerprint density at radius 3 is 2.71 bits per heavy atom. The first kappa shape index (κ1) is 17.3. The van der Waals surface area contributed by atoms with Gasteiger partial charge in [0.1, 0.15) is 22.6 Å². The van der Waals surface area contributed by atoms with E-state index in [2.05, 4.69) is 15.2 Å². The first-order chi connectivity index (χ1) is 15.1. The fourth-order valence-electron chi connectivity index (χ4n) is 3.85. The molecule has 0 aliphatic carbocycles. The summed E-state index contributed by atoms with van der Waals surface area (Å²) in [5.74, 6) is 0.0465. The van der Waals surface area contributed by atoms with Gasteiger partial charge in [-0.25, -0.2) is 9.78 Å². The van der Waals surface area contributed by atoms with Crippen LogP contribution in [0.15, 0.2) is 74.4 Å². The van der Waals surface area contributed by atoms with Crippen LogP contribution in [0.4, 0.5) is 0 Å². The molecule has 0 aliphatic rings. The number of hydrogen-bond acceptors (Lipinski definition) is 5. The molecule has 150 valence electrons. The van der Waals surface area contributed by atoms with Gasteiger partial charge in [0.2, 0.25) is 0 Å². The van der Waals surface area contributed by atoms with Crippen LogP contribution in [0.2, 0.25) is 0 Å². The number of carboxylic acid groups (broad SMARTS) is 1. The molecule has 0 radical (unpaired) electrons. The zero-order valence-corrected chi connectivity index (χ0v) is 15.8. The summed E-state index contributed by atoms with van der Waals surface area (Å²) in [6.07, 6.45) is 1.76. The summed E-state index contributed by atoms with van der Waals surface area (Å²) in [5, 5.41) is 16.7. The van der Waals surface area contributed by atoms with Gasteiger partial charge in [-0.2, -0.15) is 0 Å². The molecule has 4 heterocycles. The van der Waals surface area contributed by atoms with E-state index in [1.165, 1.54) is 18.2 Å². The van der Waals surface area contributed by atoms with Crippen LogP contribution in [-0.2, 0) is 0 Å². The van der Waals surface area contributed by atoms with E-state index < -0.39 is 5.97 Å². The van der Waals surface area contributed by atoms with E-state index in [0.29, 0.717) is 45.0 Å². The quantitative estimate of drug-likeness (QED) is 0.385. The highest BCUT2D eigenvalue weighted by Crippen LogP contribution is 2.40. The summed E-state index contributed by atoms with van der Waals surface area (Å²) >= 11 is 0. The Morgan fingerprint density at radius 1 is 0.968 bits per heavy atom. The topological polar surface area (TPSA) is 125 Å². The maximum Gasteiger partial charge on any atom is 0.335 e. The third kappa shape index (κ3) is 2.58. The van der Waals surface area contributed by atoms with Crippen molar-refractivity contribution in [2.45, 2.75) is 0 Å². The third-order valence-corrected chi connectivity index (χ3v) is 5.26. The molecule has 3 N–H and O–H groups in total. The van der Waals surface area contributed by atoms with Crippen LogP contribution in [0.25, 0.3) is 55.7 Å². The van der Waals surface area contributed by atoms with Crippen molar-refractivity contribution in [2.75, 3.05) is 0 Å². The lowest BCUT2D eigenvalue weighted by molar-refractivity contribution is 0.0697. The number of aromatic carboxylic acids is 1. The average molecular weight is 411 g/mol. The van der Waals surface area contributed by atoms with E-state index in [0.717, 1.165) is 10.8 Å². The van der Waals surface area contributed by atoms with Gasteiger partial charge < -0.3 is 19.0 Å². The number of benzene rings is 2. The molecule has 0 amide bonds. The molecule has 0 spiro atoms. The number of hydrogen-bond donors (Lipinski definition) is 3. The van der Waals surface area contributed by atoms with Crippen molar-refractivity contribution < 1.29 is 18.7 Å². The number of pyridine rings is 1. The molecule has 31 heavy (non-hydrogen) atoms. The van der Waals surface area contributed by atoms with Gasteiger partial charge in [0.05, 0.1) is 16.5 Å². The Labute approximate surface area is 172 Å². The number of rotatable bonds is 3. The van der Waals surface area contributed by atoms with Gasteiger partial charge in [-0.05, 0) is 36.4 Å². The number of nitrogens with one attached hydrogen (secondary N) is 2. The second-order valence-corrected chi connectivity index (χ2v) is 7.15. The zero-order chi connectivity index (χ0) is 21.1. The van der Waals surface area contributed by atoms with E-state index in [9.17, 15) is 14.7 Å². The number of carboxylic acids is 1. The Hall–Kier alpha value is -4.59. The van der Waals surface area contributed by atoms with Crippen molar-refractivity contribution in [3.05, 3.63) is 76.6 Å². The SMILES string of the molecule is O=C(O)c1cccc(-c2ccc(-c3c4c[nH][nH]c4nc4c3oc3cc(=O)ccc34)o2)c1. The highest BCUT2D eigenvalue weighted by molar-refractivity contribution is 6.13. The Balaban J connectivity index is 1.61. The molecule has 0 bridgehead atoms. The Kier molecular flexibility index (Phi) is 3.46. The van der Waals surface area contributed by atoms with Crippen LogP contribution in [0.1, 0.15) is 10.4 Å². The predicted molar refractivity (Wildman–Crippen MR) is 114 cm³/mol. The van der Waals surface area contributed by atoms with Crippen LogP contribution >= 0.6 is 0 Å². The van der Waals surface area contributed by atoms with Gasteiger partial charge in [0, 0.05) is 23.2 Å². The van der Waals surface area contributed by atoms with Crippen molar-refractivity contribution in [3.63, 3.8) is 0 Å². The maximum absolute atomic E-state index is 11.8. The lowest BCUT2D eigenvalue weighted by Gasteiger charge is -2.02. The normalized spacial score (nSPS) is 11.6. The number of furan rings is 2. The number of aromatic amines is 2. The predicted octanol–water partition coefficient (Wildman–Crippen LogP) is 4.78. The standard InChI is InChI=1S/C23H13N3O5/c27-13-4-5-14-18(9-13)31-21-19(15-10-24-26-22(15)25-20(14)21)17-7-6-16(30-17)11-2-1-3-12(8-11)23(28)29/h1-10H,(H,28,29)(H2,24,25,26). The van der Waals surface area contributed by atoms with E-state index in [-0.39, 0.29) is 11.0 Å². The van der Waals surface area contributed by atoms with Crippen molar-refractivity contribution in [3.8, 4) is 22.6 Å². The van der Waals surface area contributed by atoms with E-state index in [1.807, 2.05) is 0 Å². The summed E-state index contributed by atoms with van der Waals surface area (Å²) in [6, 6.07) is 14.7. The molecule has 2 aromatic carbocycles. The summed E-state index contributed by atoms with van der Waals surface area (Å²) in [4.78, 5) is 27.7. The molecular formula is C23H13N3O5. The molecule has 8 nitrogen and oxygen atoms in total. The van der Waals surface area contributed by atoms with Crippen LogP contribution in [0, 0.1) is 0 Å². The molecule has 0 fully saturated rings. The number of aromatic nitrogens is 3. The molecule has 0 aliphatic heterocycles. The molecular weight excluding hydrogens is 398 g/mol. The summed E-state index contributed by atoms with van der Waals surface area (Å²) in [5.41, 5.74) is 3.54. The van der Waals surface area contributed by atoms with E-state index >= 15 is 0 Å². The van der Waals surface area contributed by atoms with Gasteiger partial charge in [0.25, 0.3) is 0 Å². The van der Waals surface area contributed by atoms with Crippen LogP contribution in [0.5, 0.6) is 0 Å². The van der Waals surface area contributed by atoms with Gasteiger partial charge in [-0.1, -0.05) is 12.1 Å². The number of carbonyl (C=O) groups is 1. The molecule has 0 saturated heterocycles. The summed E-state index contributed by atoms with van der Waals surface area (Å²) in [6.45, 7) is 0. The summed E-state index contributed by atoms with van der Waals surface area (Å²) < 4.78 is 12.2. The Bertz CT molecular complexity index is 1700. The zero-order valence-electron chi connectivity index (χ0n) is 15.8. The molecule has 6 aromatic rings. The van der Waals surface area contributed by atoms with Crippen molar-refractivity contribution >= 4 is 39.1 Å². The lowest BCUT2D eigenvalue weighted by atomic mass is 10.1. The minimum Gasteiger partial charge on any atom is -0.478 e. The molecule has 8 heteroatoms. The number of nitrogens with zero attached hydrogens (tertiary/aromatic N) is 1. The lowest BCUT2D eigenvalue weighted by Crippen LogP contribution is -1.95. The van der Waals surface area contributed by atoms with Crippen molar-refractivity contribution in [2.24, 2.45) is 0 Å². The monoisotopic (exact) mass is 411 g/mol. The minimum absolute atomic E-state index is 0.148. The maximum atomic E-state index is 11.8.